The summed E-state index contributed by atoms with van der Waals surface area (Å²) in [7, 11) is 0. The second kappa shape index (κ2) is 6.15. The Kier molecular flexibility index (Phi) is 5.15. The second-order valence-electron chi connectivity index (χ2n) is 3.50. The third kappa shape index (κ3) is 3.72. The van der Waals surface area contributed by atoms with Crippen LogP contribution < -0.4 is 11.1 Å². The summed E-state index contributed by atoms with van der Waals surface area (Å²) in [6.45, 7) is 1.96. The van der Waals surface area contributed by atoms with Crippen LogP contribution in [0.25, 0.3) is 0 Å². The van der Waals surface area contributed by atoms with E-state index in [4.69, 9.17) is 5.73 Å². The molecule has 0 heterocycles. The van der Waals surface area contributed by atoms with Gasteiger partial charge in [0.05, 0.1) is 11.4 Å². The maximum Gasteiger partial charge on any atom is 0.225 e. The fourth-order valence-corrected chi connectivity index (χ4v) is 2.38. The molecule has 0 aliphatic carbocycles. The number of benzene rings is 1. The van der Waals surface area contributed by atoms with Crippen LogP contribution in [-0.2, 0) is 4.79 Å². The van der Waals surface area contributed by atoms with Crippen molar-refractivity contribution in [1.29, 1.82) is 0 Å². The van der Waals surface area contributed by atoms with Gasteiger partial charge in [0.1, 0.15) is 0 Å². The van der Waals surface area contributed by atoms with Crippen LogP contribution in [0.3, 0.4) is 0 Å². The highest BCUT2D eigenvalue weighted by Gasteiger charge is 2.09. The maximum atomic E-state index is 11.6. The smallest absolute Gasteiger partial charge is 0.225 e. The van der Waals surface area contributed by atoms with E-state index in [1.54, 1.807) is 11.8 Å². The first-order chi connectivity index (χ1) is 7.54. The van der Waals surface area contributed by atoms with E-state index in [0.717, 1.165) is 15.8 Å². The fraction of sp³-hybridized carbons (Fsp3) is 0.364. The molecule has 0 aliphatic rings. The summed E-state index contributed by atoms with van der Waals surface area (Å²) in [4.78, 5) is 11.6. The van der Waals surface area contributed by atoms with E-state index < -0.39 is 0 Å². The van der Waals surface area contributed by atoms with Gasteiger partial charge in [0.25, 0.3) is 0 Å². The molecule has 0 atom stereocenters. The van der Waals surface area contributed by atoms with Crippen molar-refractivity contribution in [3.63, 3.8) is 0 Å². The van der Waals surface area contributed by atoms with Crippen LogP contribution in [0, 0.1) is 6.92 Å². The number of thioether (sulfide) groups is 1. The number of aryl methyl sites for hydroxylation is 1. The van der Waals surface area contributed by atoms with Gasteiger partial charge in [-0.05, 0) is 46.8 Å². The van der Waals surface area contributed by atoms with E-state index in [1.165, 1.54) is 0 Å². The standard InChI is InChI=1S/C11H15BrN2OS/c1-7-5-8(12)11(9(13)6-7)14-10(15)3-4-16-2/h5-6H,3-4,13H2,1-2H3,(H,14,15). The van der Waals surface area contributed by atoms with Crippen LogP contribution in [0.5, 0.6) is 0 Å². The van der Waals surface area contributed by atoms with Crippen molar-refractivity contribution in [2.75, 3.05) is 23.1 Å². The molecule has 1 aromatic rings. The van der Waals surface area contributed by atoms with Crippen LogP contribution in [0.1, 0.15) is 12.0 Å². The van der Waals surface area contributed by atoms with Gasteiger partial charge in [0.15, 0.2) is 0 Å². The van der Waals surface area contributed by atoms with Crippen LogP contribution in [0.4, 0.5) is 11.4 Å². The molecule has 0 radical (unpaired) electrons. The number of nitrogens with two attached hydrogens (primary N) is 1. The van der Waals surface area contributed by atoms with Gasteiger partial charge in [0.2, 0.25) is 5.91 Å². The minimum absolute atomic E-state index is 0.00870. The number of amides is 1. The molecular weight excluding hydrogens is 288 g/mol. The highest BCUT2D eigenvalue weighted by molar-refractivity contribution is 9.10. The number of anilines is 2. The minimum atomic E-state index is -0.00870. The Morgan fingerprint density at radius 3 is 2.81 bits per heavy atom. The monoisotopic (exact) mass is 302 g/mol. The van der Waals surface area contributed by atoms with Crippen molar-refractivity contribution in [3.05, 3.63) is 22.2 Å². The van der Waals surface area contributed by atoms with Crippen LogP contribution >= 0.6 is 27.7 Å². The Hall–Kier alpha value is -0.680. The number of rotatable bonds is 4. The van der Waals surface area contributed by atoms with E-state index in [2.05, 4.69) is 21.2 Å². The molecular formula is C11H15BrN2OS. The molecule has 0 saturated heterocycles. The summed E-state index contributed by atoms with van der Waals surface area (Å²) < 4.78 is 0.822. The highest BCUT2D eigenvalue weighted by Crippen LogP contribution is 2.30. The molecule has 0 unspecified atom stereocenters. The Bertz CT molecular complexity index is 373. The van der Waals surface area contributed by atoms with Crippen molar-refractivity contribution in [3.8, 4) is 0 Å². The lowest BCUT2D eigenvalue weighted by molar-refractivity contribution is -0.115. The quantitative estimate of drug-likeness (QED) is 0.841. The molecule has 3 nitrogen and oxygen atoms in total. The molecule has 1 rings (SSSR count). The zero-order valence-electron chi connectivity index (χ0n) is 9.34. The van der Waals surface area contributed by atoms with Crippen molar-refractivity contribution >= 4 is 45.0 Å². The average Bonchev–Trinajstić information content (AvgIpc) is 2.20. The van der Waals surface area contributed by atoms with Crippen molar-refractivity contribution in [1.82, 2.24) is 0 Å². The van der Waals surface area contributed by atoms with Crippen molar-refractivity contribution in [2.24, 2.45) is 0 Å². The predicted molar refractivity (Wildman–Crippen MR) is 74.9 cm³/mol. The molecule has 16 heavy (non-hydrogen) atoms. The summed E-state index contributed by atoms with van der Waals surface area (Å²) in [5, 5.41) is 2.82. The van der Waals surface area contributed by atoms with Gasteiger partial charge in [-0.1, -0.05) is 0 Å². The first kappa shape index (κ1) is 13.4. The topological polar surface area (TPSA) is 55.1 Å². The third-order valence-electron chi connectivity index (χ3n) is 2.06. The van der Waals surface area contributed by atoms with Gasteiger partial charge in [0, 0.05) is 16.6 Å². The number of hydrogen-bond donors (Lipinski definition) is 2. The summed E-state index contributed by atoms with van der Waals surface area (Å²) in [6.07, 6.45) is 2.48. The maximum absolute atomic E-state index is 11.6. The molecule has 3 N–H and O–H groups in total. The van der Waals surface area contributed by atoms with Gasteiger partial charge in [-0.2, -0.15) is 11.8 Å². The van der Waals surface area contributed by atoms with E-state index in [1.807, 2.05) is 25.3 Å². The van der Waals surface area contributed by atoms with Gasteiger partial charge in [-0.15, -0.1) is 0 Å². The Morgan fingerprint density at radius 2 is 2.25 bits per heavy atom. The normalized spacial score (nSPS) is 10.2. The first-order valence-corrected chi connectivity index (χ1v) is 7.07. The third-order valence-corrected chi connectivity index (χ3v) is 3.30. The zero-order valence-corrected chi connectivity index (χ0v) is 11.7. The minimum Gasteiger partial charge on any atom is -0.397 e. The van der Waals surface area contributed by atoms with Gasteiger partial charge < -0.3 is 11.1 Å². The number of carbonyl (C=O) groups is 1. The fourth-order valence-electron chi connectivity index (χ4n) is 1.30. The number of halogens is 1. The lowest BCUT2D eigenvalue weighted by Gasteiger charge is -2.11. The summed E-state index contributed by atoms with van der Waals surface area (Å²) >= 11 is 5.04. The molecule has 1 amide bonds. The van der Waals surface area contributed by atoms with Crippen LogP contribution in [-0.4, -0.2) is 17.9 Å². The summed E-state index contributed by atoms with van der Waals surface area (Å²) in [5.41, 5.74) is 8.16. The molecule has 0 aliphatic heterocycles. The summed E-state index contributed by atoms with van der Waals surface area (Å²) in [5.74, 6) is 0.806. The van der Waals surface area contributed by atoms with E-state index in [0.29, 0.717) is 17.8 Å². The zero-order chi connectivity index (χ0) is 12.1. The molecule has 0 bridgehead atoms. The molecule has 0 fully saturated rings. The van der Waals surface area contributed by atoms with Crippen molar-refractivity contribution < 1.29 is 4.79 Å². The van der Waals surface area contributed by atoms with Crippen LogP contribution in [0.2, 0.25) is 0 Å². The molecule has 0 saturated carbocycles. The molecule has 0 aromatic heterocycles. The number of carbonyl (C=O) groups excluding carboxylic acids is 1. The number of nitrogens with one attached hydrogen (secondary N) is 1. The predicted octanol–water partition coefficient (Wildman–Crippen LogP) is 3.03. The van der Waals surface area contributed by atoms with Gasteiger partial charge in [-0.3, -0.25) is 4.79 Å². The highest BCUT2D eigenvalue weighted by atomic mass is 79.9. The van der Waals surface area contributed by atoms with Gasteiger partial charge in [-0.25, -0.2) is 0 Å². The Morgan fingerprint density at radius 1 is 1.56 bits per heavy atom. The van der Waals surface area contributed by atoms with Gasteiger partial charge >= 0.3 is 0 Å². The molecule has 5 heteroatoms. The van der Waals surface area contributed by atoms with E-state index in [9.17, 15) is 4.79 Å². The second-order valence-corrected chi connectivity index (χ2v) is 5.34. The lowest BCUT2D eigenvalue weighted by Crippen LogP contribution is -2.14. The largest absolute Gasteiger partial charge is 0.397 e. The molecule has 88 valence electrons. The van der Waals surface area contributed by atoms with E-state index in [-0.39, 0.29) is 5.91 Å². The lowest BCUT2D eigenvalue weighted by atomic mass is 10.2. The Labute approximate surface area is 108 Å². The Balaban J connectivity index is 2.77. The van der Waals surface area contributed by atoms with Crippen LogP contribution in [0.15, 0.2) is 16.6 Å². The average molecular weight is 303 g/mol. The molecule has 0 spiro atoms. The van der Waals surface area contributed by atoms with Crippen molar-refractivity contribution in [2.45, 2.75) is 13.3 Å². The first-order valence-electron chi connectivity index (χ1n) is 4.89. The number of nitrogen functional groups attached to an aromatic ring is 1. The van der Waals surface area contributed by atoms with E-state index >= 15 is 0 Å². The summed E-state index contributed by atoms with van der Waals surface area (Å²) in [6, 6.07) is 3.77. The molecule has 1 aromatic carbocycles. The number of hydrogen-bond acceptors (Lipinski definition) is 3. The SMILES string of the molecule is CSCCC(=O)Nc1c(N)cc(C)cc1Br.